The maximum absolute atomic E-state index is 13.1. The van der Waals surface area contributed by atoms with E-state index in [4.69, 9.17) is 21.6 Å². The number of hydrogen-bond donors (Lipinski definition) is 1. The third-order valence-corrected chi connectivity index (χ3v) is 4.59. The molecule has 0 atom stereocenters. The smallest absolute Gasteiger partial charge is 0.435 e. The summed E-state index contributed by atoms with van der Waals surface area (Å²) in [6.45, 7) is -0.617. The van der Waals surface area contributed by atoms with Gasteiger partial charge < -0.3 is 10.1 Å². The number of hydrogen-bond acceptors (Lipinski definition) is 4. The Morgan fingerprint density at radius 1 is 1.27 bits per heavy atom. The molecule has 30 heavy (non-hydrogen) atoms. The second kappa shape index (κ2) is 8.77. The van der Waals surface area contributed by atoms with Gasteiger partial charge in [0.1, 0.15) is 6.07 Å². The molecule has 0 saturated heterocycles. The van der Waals surface area contributed by atoms with Gasteiger partial charge in [0.2, 0.25) is 5.88 Å². The van der Waals surface area contributed by atoms with Crippen LogP contribution in [0.1, 0.15) is 11.3 Å². The summed E-state index contributed by atoms with van der Waals surface area (Å²) >= 11 is 9.28. The van der Waals surface area contributed by atoms with Crippen LogP contribution < -0.4 is 10.1 Å². The maximum atomic E-state index is 13.1. The zero-order valence-corrected chi connectivity index (χ0v) is 17.2. The molecule has 0 spiro atoms. The molecule has 2 aromatic carbocycles. The van der Waals surface area contributed by atoms with E-state index < -0.39 is 24.4 Å². The third kappa shape index (κ3) is 4.93. The lowest BCUT2D eigenvalue weighted by Crippen LogP contribution is -2.21. The summed E-state index contributed by atoms with van der Waals surface area (Å²) in [7, 11) is 0. The Morgan fingerprint density at radius 3 is 2.67 bits per heavy atom. The minimum Gasteiger partial charge on any atom is -0.467 e. The number of rotatable bonds is 5. The van der Waals surface area contributed by atoms with E-state index in [1.54, 1.807) is 18.2 Å². The van der Waals surface area contributed by atoms with Gasteiger partial charge in [0.25, 0.3) is 5.91 Å². The second-order valence-corrected chi connectivity index (χ2v) is 7.19. The number of nitrogens with zero attached hydrogens (tertiary/aromatic N) is 3. The molecule has 0 fully saturated rings. The van der Waals surface area contributed by atoms with E-state index in [0.29, 0.717) is 10.5 Å². The van der Waals surface area contributed by atoms with Crippen LogP contribution in [0.4, 0.5) is 18.9 Å². The van der Waals surface area contributed by atoms with Crippen LogP contribution in [-0.2, 0) is 11.0 Å². The number of nitriles is 1. The third-order valence-electron chi connectivity index (χ3n) is 3.78. The zero-order valence-electron chi connectivity index (χ0n) is 14.9. The standard InChI is InChI=1S/C19H11BrClF3N4O2/c20-12-5-6-14(11(7-12)9-25)26-17(29)10-30-18-8-16(19(22,23)24)27-28(18)15-4-2-1-3-13(15)21/h1-8H,10H2,(H,26,29). The molecule has 0 aliphatic carbocycles. The molecule has 3 aromatic rings. The van der Waals surface area contributed by atoms with E-state index in [9.17, 15) is 18.0 Å². The molecule has 0 aliphatic heterocycles. The molecule has 1 aromatic heterocycles. The highest BCUT2D eigenvalue weighted by Crippen LogP contribution is 2.33. The van der Waals surface area contributed by atoms with Crippen molar-refractivity contribution in [2.75, 3.05) is 11.9 Å². The van der Waals surface area contributed by atoms with Crippen LogP contribution in [-0.4, -0.2) is 22.3 Å². The first-order valence-electron chi connectivity index (χ1n) is 8.23. The van der Waals surface area contributed by atoms with E-state index in [2.05, 4.69) is 26.3 Å². The molecule has 6 nitrogen and oxygen atoms in total. The summed E-state index contributed by atoms with van der Waals surface area (Å²) in [5.41, 5.74) is -0.592. The molecule has 0 aliphatic rings. The largest absolute Gasteiger partial charge is 0.467 e. The Morgan fingerprint density at radius 2 is 2.00 bits per heavy atom. The number of benzene rings is 2. The summed E-state index contributed by atoms with van der Waals surface area (Å²) in [5.74, 6) is -0.990. The number of carbonyl (C=O) groups excluding carboxylic acids is 1. The highest BCUT2D eigenvalue weighted by molar-refractivity contribution is 9.10. The van der Waals surface area contributed by atoms with Crippen molar-refractivity contribution in [1.82, 2.24) is 9.78 Å². The normalized spacial score (nSPS) is 11.1. The number of carbonyl (C=O) groups is 1. The van der Waals surface area contributed by atoms with Crippen molar-refractivity contribution < 1.29 is 22.7 Å². The minimum atomic E-state index is -4.72. The Bertz CT molecular complexity index is 1140. The van der Waals surface area contributed by atoms with E-state index in [-0.39, 0.29) is 27.8 Å². The quantitative estimate of drug-likeness (QED) is 0.524. The van der Waals surface area contributed by atoms with Crippen molar-refractivity contribution in [3.8, 4) is 17.6 Å². The molecular weight excluding hydrogens is 489 g/mol. The van der Waals surface area contributed by atoms with Crippen LogP contribution in [0.15, 0.2) is 53.0 Å². The molecule has 1 N–H and O–H groups in total. The number of alkyl halides is 3. The fourth-order valence-electron chi connectivity index (χ4n) is 2.45. The molecule has 0 saturated carbocycles. The molecule has 1 amide bonds. The molecule has 0 unspecified atom stereocenters. The molecular formula is C19H11BrClF3N4O2. The lowest BCUT2D eigenvalue weighted by Gasteiger charge is -2.11. The van der Waals surface area contributed by atoms with Gasteiger partial charge in [-0.3, -0.25) is 4.79 Å². The first kappa shape index (κ1) is 21.7. The van der Waals surface area contributed by atoms with Gasteiger partial charge in [-0.05, 0) is 30.3 Å². The lowest BCUT2D eigenvalue weighted by atomic mass is 10.2. The van der Waals surface area contributed by atoms with E-state index >= 15 is 0 Å². The summed E-state index contributed by atoms with van der Waals surface area (Å²) in [4.78, 5) is 12.2. The Hall–Kier alpha value is -3.03. The zero-order chi connectivity index (χ0) is 21.9. The number of amides is 1. The second-order valence-electron chi connectivity index (χ2n) is 5.87. The number of halogens is 5. The summed E-state index contributed by atoms with van der Waals surface area (Å²) in [6, 6.07) is 13.4. The van der Waals surface area contributed by atoms with Crippen LogP contribution >= 0.6 is 27.5 Å². The Kier molecular flexibility index (Phi) is 6.34. The van der Waals surface area contributed by atoms with Crippen LogP contribution in [0.25, 0.3) is 5.69 Å². The van der Waals surface area contributed by atoms with Gasteiger partial charge in [-0.2, -0.15) is 28.2 Å². The first-order valence-corrected chi connectivity index (χ1v) is 9.40. The van der Waals surface area contributed by atoms with Gasteiger partial charge in [-0.15, -0.1) is 0 Å². The van der Waals surface area contributed by atoms with E-state index in [0.717, 1.165) is 4.68 Å². The van der Waals surface area contributed by atoms with Crippen LogP contribution in [0.2, 0.25) is 5.02 Å². The highest BCUT2D eigenvalue weighted by Gasteiger charge is 2.36. The Balaban J connectivity index is 1.83. The van der Waals surface area contributed by atoms with Crippen molar-refractivity contribution in [3.05, 3.63) is 69.3 Å². The van der Waals surface area contributed by atoms with Gasteiger partial charge in [0.05, 0.1) is 22.0 Å². The summed E-state index contributed by atoms with van der Waals surface area (Å²) in [6.07, 6.45) is -4.72. The number of nitrogens with one attached hydrogen (secondary N) is 1. The predicted molar refractivity (Wildman–Crippen MR) is 107 cm³/mol. The number of para-hydroxylation sites is 1. The molecule has 1 heterocycles. The number of aromatic nitrogens is 2. The first-order chi connectivity index (χ1) is 14.2. The SMILES string of the molecule is N#Cc1cc(Br)ccc1NC(=O)COc1cc(C(F)(F)F)nn1-c1ccccc1Cl. The highest BCUT2D eigenvalue weighted by atomic mass is 79.9. The van der Waals surface area contributed by atoms with Crippen molar-refractivity contribution in [2.24, 2.45) is 0 Å². The summed E-state index contributed by atoms with van der Waals surface area (Å²) in [5, 5.41) is 15.3. The summed E-state index contributed by atoms with van der Waals surface area (Å²) < 4.78 is 46.2. The van der Waals surface area contributed by atoms with Gasteiger partial charge in [0, 0.05) is 10.5 Å². The minimum absolute atomic E-state index is 0.150. The van der Waals surface area contributed by atoms with Gasteiger partial charge >= 0.3 is 6.18 Å². The maximum Gasteiger partial charge on any atom is 0.435 e. The lowest BCUT2D eigenvalue weighted by molar-refractivity contribution is -0.141. The number of ether oxygens (including phenoxy) is 1. The van der Waals surface area contributed by atoms with Gasteiger partial charge in [-0.1, -0.05) is 39.7 Å². The van der Waals surface area contributed by atoms with E-state index in [1.807, 2.05) is 6.07 Å². The monoisotopic (exact) mass is 498 g/mol. The molecule has 0 bridgehead atoms. The average molecular weight is 500 g/mol. The van der Waals surface area contributed by atoms with Crippen LogP contribution in [0.3, 0.4) is 0 Å². The number of anilines is 1. The van der Waals surface area contributed by atoms with Gasteiger partial charge in [-0.25, -0.2) is 0 Å². The van der Waals surface area contributed by atoms with Crippen molar-refractivity contribution >= 4 is 39.1 Å². The molecule has 11 heteroatoms. The van der Waals surface area contributed by atoms with Crippen molar-refractivity contribution in [3.63, 3.8) is 0 Å². The fraction of sp³-hybridized carbons (Fsp3) is 0.105. The fourth-order valence-corrected chi connectivity index (χ4v) is 3.02. The van der Waals surface area contributed by atoms with Gasteiger partial charge in [0.15, 0.2) is 12.3 Å². The van der Waals surface area contributed by atoms with Crippen LogP contribution in [0, 0.1) is 11.3 Å². The van der Waals surface area contributed by atoms with E-state index in [1.165, 1.54) is 24.3 Å². The Labute approximate surface area is 181 Å². The van der Waals surface area contributed by atoms with Crippen molar-refractivity contribution in [1.29, 1.82) is 5.26 Å². The predicted octanol–water partition coefficient (Wildman–Crippen LogP) is 5.20. The molecule has 154 valence electrons. The molecule has 3 rings (SSSR count). The average Bonchev–Trinajstić information content (AvgIpc) is 3.12. The van der Waals surface area contributed by atoms with Crippen molar-refractivity contribution in [2.45, 2.75) is 6.18 Å². The topological polar surface area (TPSA) is 79.9 Å². The molecule has 0 radical (unpaired) electrons. The van der Waals surface area contributed by atoms with Crippen LogP contribution in [0.5, 0.6) is 5.88 Å².